The van der Waals surface area contributed by atoms with Crippen LogP contribution in [-0.4, -0.2) is 29.6 Å². The van der Waals surface area contributed by atoms with Crippen LogP contribution in [0.4, 0.5) is 11.5 Å². The van der Waals surface area contributed by atoms with Crippen LogP contribution in [0.2, 0.25) is 10.3 Å². The molecule has 0 radical (unpaired) electrons. The summed E-state index contributed by atoms with van der Waals surface area (Å²) in [5, 5.41) is 0.537. The molecule has 1 aromatic heterocycles. The molecule has 2 heterocycles. The number of nitrogens with zero attached hydrogens (tertiary/aromatic N) is 3. The van der Waals surface area contributed by atoms with E-state index in [-0.39, 0.29) is 17.7 Å². The average molecular weight is 352 g/mol. The molecule has 2 aromatic rings. The minimum Gasteiger partial charge on any atom is -0.469 e. The topological polar surface area (TPSA) is 55.3 Å². The first-order valence-electron chi connectivity index (χ1n) is 7.06. The van der Waals surface area contributed by atoms with E-state index in [1.165, 1.54) is 13.3 Å². The highest BCUT2D eigenvalue weighted by molar-refractivity contribution is 6.33. The Labute approximate surface area is 144 Å². The monoisotopic (exact) mass is 351 g/mol. The van der Waals surface area contributed by atoms with Gasteiger partial charge < -0.3 is 9.64 Å². The van der Waals surface area contributed by atoms with E-state index < -0.39 is 5.41 Å². The second-order valence-corrected chi connectivity index (χ2v) is 6.47. The normalized spacial score (nSPS) is 19.6. The number of ether oxygens (including phenoxy) is 1. The fourth-order valence-electron chi connectivity index (χ4n) is 3.00. The highest BCUT2D eigenvalue weighted by Crippen LogP contribution is 2.47. The largest absolute Gasteiger partial charge is 0.469 e. The number of hydrogen-bond donors (Lipinski definition) is 0. The summed E-state index contributed by atoms with van der Waals surface area (Å²) >= 11 is 12.2. The molecule has 23 heavy (non-hydrogen) atoms. The molecule has 0 bridgehead atoms. The van der Waals surface area contributed by atoms with Crippen LogP contribution >= 0.6 is 23.2 Å². The van der Waals surface area contributed by atoms with E-state index in [0.29, 0.717) is 17.4 Å². The van der Waals surface area contributed by atoms with Gasteiger partial charge in [-0.15, -0.1) is 0 Å². The van der Waals surface area contributed by atoms with Crippen LogP contribution in [0.1, 0.15) is 18.9 Å². The molecule has 1 aliphatic heterocycles. The number of benzene rings is 1. The number of hydrogen-bond acceptors (Lipinski definition) is 5. The van der Waals surface area contributed by atoms with Gasteiger partial charge in [0.15, 0.2) is 5.82 Å². The fourth-order valence-corrected chi connectivity index (χ4v) is 3.32. The third-order valence-electron chi connectivity index (χ3n) is 4.07. The van der Waals surface area contributed by atoms with Gasteiger partial charge in [-0.25, -0.2) is 4.98 Å². The predicted octanol–water partition coefficient (Wildman–Crippen LogP) is 3.76. The van der Waals surface area contributed by atoms with Gasteiger partial charge in [-0.2, -0.15) is 4.98 Å². The lowest BCUT2D eigenvalue weighted by molar-refractivity contribution is -0.141. The molecule has 0 fully saturated rings. The van der Waals surface area contributed by atoms with E-state index in [4.69, 9.17) is 27.9 Å². The molecule has 7 heteroatoms. The molecule has 0 amide bonds. The summed E-state index contributed by atoms with van der Waals surface area (Å²) in [5.74, 6) is 0.281. The predicted molar refractivity (Wildman–Crippen MR) is 89.5 cm³/mol. The van der Waals surface area contributed by atoms with Gasteiger partial charge in [-0.3, -0.25) is 4.79 Å². The summed E-state index contributed by atoms with van der Waals surface area (Å²) in [6, 6.07) is 7.87. The highest BCUT2D eigenvalue weighted by Gasteiger charge is 2.42. The molecule has 0 aliphatic carbocycles. The molecule has 1 aliphatic rings. The van der Waals surface area contributed by atoms with Gasteiger partial charge in [-0.1, -0.05) is 36.7 Å². The highest BCUT2D eigenvalue weighted by atomic mass is 35.5. The maximum absolute atomic E-state index is 11.8. The van der Waals surface area contributed by atoms with Gasteiger partial charge >= 0.3 is 5.97 Å². The Hall–Kier alpha value is -1.85. The van der Waals surface area contributed by atoms with Gasteiger partial charge in [-0.05, 0) is 23.2 Å². The van der Waals surface area contributed by atoms with E-state index in [2.05, 4.69) is 9.97 Å². The number of carbonyl (C=O) groups excluding carboxylic acids is 1. The number of para-hydroxylation sites is 1. The number of esters is 1. The molecule has 0 saturated heterocycles. The number of rotatable bonds is 3. The summed E-state index contributed by atoms with van der Waals surface area (Å²) in [5.41, 5.74) is 1.61. The SMILES string of the molecule is COC(=O)CC1(C)CN(c2nc(Cl)ncc2Cl)c2ccccc21. The minimum atomic E-state index is -0.398. The van der Waals surface area contributed by atoms with Crippen LogP contribution in [0, 0.1) is 0 Å². The lowest BCUT2D eigenvalue weighted by Crippen LogP contribution is -2.31. The molecule has 1 aromatic carbocycles. The Balaban J connectivity index is 2.08. The van der Waals surface area contributed by atoms with Crippen LogP contribution in [0.5, 0.6) is 0 Å². The number of methoxy groups -OCH3 is 1. The van der Waals surface area contributed by atoms with Gasteiger partial charge in [0.1, 0.15) is 5.02 Å². The number of halogens is 2. The first-order valence-corrected chi connectivity index (χ1v) is 7.82. The van der Waals surface area contributed by atoms with Crippen molar-refractivity contribution < 1.29 is 9.53 Å². The third-order valence-corrected chi connectivity index (χ3v) is 4.51. The molecule has 0 saturated carbocycles. The second-order valence-electron chi connectivity index (χ2n) is 5.73. The van der Waals surface area contributed by atoms with Crippen molar-refractivity contribution in [3.63, 3.8) is 0 Å². The number of carbonyl (C=O) groups is 1. The van der Waals surface area contributed by atoms with Crippen molar-refractivity contribution in [2.45, 2.75) is 18.8 Å². The van der Waals surface area contributed by atoms with Crippen molar-refractivity contribution in [2.75, 3.05) is 18.6 Å². The van der Waals surface area contributed by atoms with Gasteiger partial charge in [0.2, 0.25) is 5.28 Å². The van der Waals surface area contributed by atoms with Crippen molar-refractivity contribution in [1.82, 2.24) is 9.97 Å². The van der Waals surface area contributed by atoms with Crippen molar-refractivity contribution in [2.24, 2.45) is 0 Å². The Morgan fingerprint density at radius 3 is 2.87 bits per heavy atom. The zero-order valence-corrected chi connectivity index (χ0v) is 14.2. The second kappa shape index (κ2) is 5.98. The van der Waals surface area contributed by atoms with Crippen LogP contribution in [0.25, 0.3) is 0 Å². The third kappa shape index (κ3) is 2.86. The number of anilines is 2. The Bertz CT molecular complexity index is 769. The van der Waals surface area contributed by atoms with Crippen LogP contribution in [0.3, 0.4) is 0 Å². The minimum absolute atomic E-state index is 0.128. The molecule has 1 atom stereocenters. The van der Waals surface area contributed by atoms with E-state index in [1.807, 2.05) is 36.1 Å². The maximum atomic E-state index is 11.8. The van der Waals surface area contributed by atoms with Crippen LogP contribution in [-0.2, 0) is 14.9 Å². The van der Waals surface area contributed by atoms with E-state index in [0.717, 1.165) is 11.3 Å². The summed E-state index contributed by atoms with van der Waals surface area (Å²) in [6.07, 6.45) is 1.75. The van der Waals surface area contributed by atoms with E-state index >= 15 is 0 Å². The smallest absolute Gasteiger partial charge is 0.306 e. The maximum Gasteiger partial charge on any atom is 0.306 e. The molecule has 3 rings (SSSR count). The summed E-state index contributed by atoms with van der Waals surface area (Å²) in [7, 11) is 1.39. The molecule has 5 nitrogen and oxygen atoms in total. The van der Waals surface area contributed by atoms with Crippen molar-refractivity contribution in [1.29, 1.82) is 0 Å². The Morgan fingerprint density at radius 2 is 2.13 bits per heavy atom. The average Bonchev–Trinajstić information content (AvgIpc) is 2.83. The van der Waals surface area contributed by atoms with E-state index in [1.54, 1.807) is 0 Å². The van der Waals surface area contributed by atoms with Gasteiger partial charge in [0.25, 0.3) is 0 Å². The van der Waals surface area contributed by atoms with Crippen molar-refractivity contribution in [3.05, 3.63) is 46.3 Å². The lowest BCUT2D eigenvalue weighted by Gasteiger charge is -2.25. The molecule has 1 unspecified atom stereocenters. The van der Waals surface area contributed by atoms with Crippen LogP contribution < -0.4 is 4.90 Å². The zero-order valence-electron chi connectivity index (χ0n) is 12.7. The molecule has 0 spiro atoms. The summed E-state index contributed by atoms with van der Waals surface area (Å²) in [6.45, 7) is 2.58. The molecule has 0 N–H and O–H groups in total. The fraction of sp³-hybridized carbons (Fsp3) is 0.312. The Kier molecular flexibility index (Phi) is 4.17. The van der Waals surface area contributed by atoms with Crippen LogP contribution in [0.15, 0.2) is 30.5 Å². The molecular weight excluding hydrogens is 337 g/mol. The first kappa shape index (κ1) is 16.0. The number of aromatic nitrogens is 2. The lowest BCUT2D eigenvalue weighted by atomic mass is 9.81. The Morgan fingerprint density at radius 1 is 1.39 bits per heavy atom. The standard InChI is InChI=1S/C16H15Cl2N3O2/c1-16(7-13(22)23-2)9-21(12-6-4-3-5-10(12)16)14-11(17)8-19-15(18)20-14/h3-6,8H,7,9H2,1-2H3. The number of fused-ring (bicyclic) bond motifs is 1. The van der Waals surface area contributed by atoms with Gasteiger partial charge in [0, 0.05) is 17.6 Å². The van der Waals surface area contributed by atoms with E-state index in [9.17, 15) is 4.79 Å². The summed E-state index contributed by atoms with van der Waals surface area (Å²) < 4.78 is 4.85. The molecule has 120 valence electrons. The van der Waals surface area contributed by atoms with Gasteiger partial charge in [0.05, 0.1) is 19.7 Å². The first-order chi connectivity index (χ1) is 10.9. The summed E-state index contributed by atoms with van der Waals surface area (Å²) in [4.78, 5) is 21.9. The van der Waals surface area contributed by atoms with Crippen molar-refractivity contribution in [3.8, 4) is 0 Å². The quantitative estimate of drug-likeness (QED) is 0.622. The zero-order chi connectivity index (χ0) is 16.6. The van der Waals surface area contributed by atoms with Crippen molar-refractivity contribution >= 4 is 40.7 Å². The molecular formula is C16H15Cl2N3O2.